The Morgan fingerprint density at radius 2 is 2.33 bits per heavy atom. The number of anilines is 1. The van der Waals surface area contributed by atoms with E-state index in [9.17, 15) is 0 Å². The van der Waals surface area contributed by atoms with Crippen molar-refractivity contribution in [3.8, 4) is 0 Å². The summed E-state index contributed by atoms with van der Waals surface area (Å²) in [6.45, 7) is 2.66. The van der Waals surface area contributed by atoms with Gasteiger partial charge in [-0.15, -0.1) is 0 Å². The molecule has 2 aromatic heterocycles. The van der Waals surface area contributed by atoms with Gasteiger partial charge in [-0.05, 0) is 31.0 Å². The van der Waals surface area contributed by atoms with Gasteiger partial charge in [0.15, 0.2) is 5.65 Å². The monoisotopic (exact) mass is 250 g/mol. The average Bonchev–Trinajstić information content (AvgIpc) is 2.77. The third-order valence-electron chi connectivity index (χ3n) is 2.72. The Morgan fingerprint density at radius 3 is 3.06 bits per heavy atom. The number of aromatic nitrogens is 3. The van der Waals surface area contributed by atoms with E-state index in [0.29, 0.717) is 13.0 Å². The van der Waals surface area contributed by atoms with Crippen molar-refractivity contribution in [3.63, 3.8) is 0 Å². The van der Waals surface area contributed by atoms with Crippen LogP contribution in [0.4, 0.5) is 5.82 Å². The van der Waals surface area contributed by atoms with Gasteiger partial charge in [0.1, 0.15) is 12.1 Å². The number of aryl methyl sites for hydroxylation is 1. The topological polar surface area (TPSA) is 71.7 Å². The molecule has 2 aromatic rings. The van der Waals surface area contributed by atoms with Crippen LogP contribution >= 0.6 is 0 Å². The molecule has 0 radical (unpaired) electrons. The summed E-state index contributed by atoms with van der Waals surface area (Å²) < 4.78 is 6.88. The van der Waals surface area contributed by atoms with Gasteiger partial charge in [-0.3, -0.25) is 0 Å². The molecule has 2 heterocycles. The fourth-order valence-corrected chi connectivity index (χ4v) is 1.92. The van der Waals surface area contributed by atoms with Crippen molar-refractivity contribution in [3.05, 3.63) is 24.0 Å². The number of aliphatic hydroxyl groups excluding tert-OH is 1. The fraction of sp³-hybridized carbons (Fsp3) is 0.500. The van der Waals surface area contributed by atoms with Crippen molar-refractivity contribution >= 4 is 11.5 Å². The lowest BCUT2D eigenvalue weighted by Gasteiger charge is -2.18. The smallest absolute Gasteiger partial charge is 0.157 e. The Kier molecular flexibility index (Phi) is 4.11. The second-order valence-electron chi connectivity index (χ2n) is 4.26. The van der Waals surface area contributed by atoms with Gasteiger partial charge in [-0.25, -0.2) is 4.98 Å². The highest BCUT2D eigenvalue weighted by Crippen LogP contribution is 2.15. The molecule has 6 heteroatoms. The first-order valence-corrected chi connectivity index (χ1v) is 5.91. The van der Waals surface area contributed by atoms with Gasteiger partial charge in [0.05, 0.1) is 12.6 Å². The number of nitrogens with zero attached hydrogens (tertiary/aromatic N) is 3. The second kappa shape index (κ2) is 5.79. The molecule has 2 N–H and O–H groups in total. The highest BCUT2D eigenvalue weighted by Gasteiger charge is 2.11. The summed E-state index contributed by atoms with van der Waals surface area (Å²) in [5.74, 6) is 0.859. The molecule has 0 amide bonds. The predicted molar refractivity (Wildman–Crippen MR) is 68.7 cm³/mol. The molecular weight excluding hydrogens is 232 g/mol. The van der Waals surface area contributed by atoms with Crippen molar-refractivity contribution in [2.75, 3.05) is 25.6 Å². The molecule has 6 nitrogen and oxygen atoms in total. The Balaban J connectivity index is 2.26. The van der Waals surface area contributed by atoms with Crippen LogP contribution in [0.3, 0.4) is 0 Å². The minimum atomic E-state index is 0.0502. The quantitative estimate of drug-likeness (QED) is 0.795. The zero-order chi connectivity index (χ0) is 13.0. The maximum Gasteiger partial charge on any atom is 0.157 e. The molecular formula is C12H18N4O2. The standard InChI is InChI=1S/C12H18N4O2/c1-9-5-11-13-8-14-16(11)12(6-9)15-10(3-4-17)7-18-2/h5-6,8,10,15,17H,3-4,7H2,1-2H3. The van der Waals surface area contributed by atoms with E-state index in [1.165, 1.54) is 6.33 Å². The normalized spacial score (nSPS) is 12.8. The highest BCUT2D eigenvalue weighted by molar-refractivity contribution is 5.51. The van der Waals surface area contributed by atoms with Crippen molar-refractivity contribution in [1.82, 2.24) is 14.6 Å². The van der Waals surface area contributed by atoms with Gasteiger partial charge in [-0.1, -0.05) is 0 Å². The van der Waals surface area contributed by atoms with Gasteiger partial charge in [-0.2, -0.15) is 9.61 Å². The van der Waals surface area contributed by atoms with Crippen LogP contribution in [0, 0.1) is 6.92 Å². The number of hydrogen-bond acceptors (Lipinski definition) is 5. The number of aliphatic hydroxyl groups is 1. The summed E-state index contributed by atoms with van der Waals surface area (Å²) in [6, 6.07) is 4.02. The molecule has 0 spiro atoms. The first kappa shape index (κ1) is 12.8. The van der Waals surface area contributed by atoms with Crippen LogP contribution in [0.15, 0.2) is 18.5 Å². The summed E-state index contributed by atoms with van der Waals surface area (Å²) in [5, 5.41) is 16.5. The number of hydrogen-bond donors (Lipinski definition) is 2. The van der Waals surface area contributed by atoms with Crippen molar-refractivity contribution in [2.45, 2.75) is 19.4 Å². The van der Waals surface area contributed by atoms with Crippen molar-refractivity contribution in [1.29, 1.82) is 0 Å². The summed E-state index contributed by atoms with van der Waals surface area (Å²) in [5.41, 5.74) is 1.91. The Morgan fingerprint density at radius 1 is 1.50 bits per heavy atom. The Labute approximate surface area is 106 Å². The fourth-order valence-electron chi connectivity index (χ4n) is 1.92. The third kappa shape index (κ3) is 2.77. The summed E-state index contributed by atoms with van der Waals surface area (Å²) >= 11 is 0. The first-order valence-electron chi connectivity index (χ1n) is 5.91. The van der Waals surface area contributed by atoms with Crippen LogP contribution in [0.1, 0.15) is 12.0 Å². The van der Waals surface area contributed by atoms with Crippen LogP contribution in [0.2, 0.25) is 0 Å². The van der Waals surface area contributed by atoms with E-state index in [2.05, 4.69) is 15.4 Å². The number of ether oxygens (including phenoxy) is 1. The van der Waals surface area contributed by atoms with E-state index in [4.69, 9.17) is 9.84 Å². The van der Waals surface area contributed by atoms with Crippen LogP contribution < -0.4 is 5.32 Å². The summed E-state index contributed by atoms with van der Waals surface area (Å²) in [4.78, 5) is 4.17. The summed E-state index contributed by atoms with van der Waals surface area (Å²) in [6.07, 6.45) is 2.15. The molecule has 18 heavy (non-hydrogen) atoms. The van der Waals surface area contributed by atoms with E-state index < -0.39 is 0 Å². The number of rotatable bonds is 6. The molecule has 1 unspecified atom stereocenters. The number of pyridine rings is 1. The van der Waals surface area contributed by atoms with Crippen LogP contribution in [-0.2, 0) is 4.74 Å². The zero-order valence-electron chi connectivity index (χ0n) is 10.6. The second-order valence-corrected chi connectivity index (χ2v) is 4.26. The van der Waals surface area contributed by atoms with Crippen molar-refractivity contribution < 1.29 is 9.84 Å². The minimum absolute atomic E-state index is 0.0502. The van der Waals surface area contributed by atoms with E-state index in [1.807, 2.05) is 19.1 Å². The number of nitrogens with one attached hydrogen (secondary N) is 1. The van der Waals surface area contributed by atoms with Crippen LogP contribution in [-0.4, -0.2) is 46.1 Å². The van der Waals surface area contributed by atoms with E-state index in [0.717, 1.165) is 17.0 Å². The maximum absolute atomic E-state index is 9.04. The number of methoxy groups -OCH3 is 1. The van der Waals surface area contributed by atoms with E-state index in [1.54, 1.807) is 11.6 Å². The average molecular weight is 250 g/mol. The largest absolute Gasteiger partial charge is 0.396 e. The molecule has 0 aliphatic heterocycles. The molecule has 98 valence electrons. The lowest BCUT2D eigenvalue weighted by molar-refractivity contribution is 0.170. The predicted octanol–water partition coefficient (Wildman–Crippen LogP) is 0.847. The van der Waals surface area contributed by atoms with Crippen LogP contribution in [0.5, 0.6) is 0 Å². The summed E-state index contributed by atoms with van der Waals surface area (Å²) in [7, 11) is 1.65. The first-order chi connectivity index (χ1) is 8.74. The van der Waals surface area contributed by atoms with Gasteiger partial charge in [0.2, 0.25) is 0 Å². The molecule has 0 aliphatic carbocycles. The molecule has 0 aromatic carbocycles. The molecule has 0 aliphatic rings. The maximum atomic E-state index is 9.04. The minimum Gasteiger partial charge on any atom is -0.396 e. The van der Waals surface area contributed by atoms with E-state index in [-0.39, 0.29) is 12.6 Å². The van der Waals surface area contributed by atoms with Crippen LogP contribution in [0.25, 0.3) is 5.65 Å². The third-order valence-corrected chi connectivity index (χ3v) is 2.72. The number of fused-ring (bicyclic) bond motifs is 1. The van der Waals surface area contributed by atoms with E-state index >= 15 is 0 Å². The molecule has 0 bridgehead atoms. The van der Waals surface area contributed by atoms with Gasteiger partial charge in [0, 0.05) is 13.7 Å². The van der Waals surface area contributed by atoms with Gasteiger partial charge < -0.3 is 15.2 Å². The Hall–Kier alpha value is -1.66. The lowest BCUT2D eigenvalue weighted by Crippen LogP contribution is -2.27. The molecule has 0 fully saturated rings. The molecule has 2 rings (SSSR count). The highest BCUT2D eigenvalue weighted by atomic mass is 16.5. The molecule has 1 atom stereocenters. The van der Waals surface area contributed by atoms with Gasteiger partial charge in [0.25, 0.3) is 0 Å². The SMILES string of the molecule is COCC(CCO)Nc1cc(C)cc2ncnn12. The zero-order valence-corrected chi connectivity index (χ0v) is 10.6. The van der Waals surface area contributed by atoms with Gasteiger partial charge >= 0.3 is 0 Å². The lowest BCUT2D eigenvalue weighted by atomic mass is 10.2. The molecule has 0 saturated carbocycles. The Bertz CT molecular complexity index is 506. The van der Waals surface area contributed by atoms with Crippen molar-refractivity contribution in [2.24, 2.45) is 0 Å². The molecule has 0 saturated heterocycles.